The monoisotopic (exact) mass is 256 g/mol. The molecule has 0 aromatic heterocycles. The lowest BCUT2D eigenvalue weighted by atomic mass is 10.1. The fraction of sp³-hybridized carbons (Fsp3) is 0.929. The Bertz CT molecular complexity index is 273. The van der Waals surface area contributed by atoms with Crippen molar-refractivity contribution >= 4 is 6.09 Å². The molecule has 0 bridgehead atoms. The van der Waals surface area contributed by atoms with E-state index in [1.54, 1.807) is 0 Å². The predicted molar refractivity (Wildman–Crippen MR) is 73.8 cm³/mol. The lowest BCUT2D eigenvalue weighted by molar-refractivity contribution is 0.00660. The first-order valence-electron chi connectivity index (χ1n) is 7.01. The zero-order valence-corrected chi connectivity index (χ0v) is 12.5. The van der Waals surface area contributed by atoms with Crippen LogP contribution < -0.4 is 0 Å². The van der Waals surface area contributed by atoms with Gasteiger partial charge in [-0.25, -0.2) is 4.79 Å². The number of rotatable bonds is 3. The molecule has 1 rings (SSSR count). The van der Waals surface area contributed by atoms with E-state index in [9.17, 15) is 4.79 Å². The summed E-state index contributed by atoms with van der Waals surface area (Å²) in [6.45, 7) is 10.4. The summed E-state index contributed by atoms with van der Waals surface area (Å²) in [6, 6.07) is 0.478. The van der Waals surface area contributed by atoms with Crippen LogP contribution in [-0.4, -0.2) is 54.2 Å². The van der Waals surface area contributed by atoms with E-state index in [-0.39, 0.29) is 6.09 Å². The number of unbranched alkanes of at least 4 members (excludes halogenated alkanes) is 1. The molecule has 0 saturated carbocycles. The number of carbonyl (C=O) groups excluding carboxylic acids is 1. The van der Waals surface area contributed by atoms with Gasteiger partial charge in [0.2, 0.25) is 0 Å². The Morgan fingerprint density at radius 3 is 2.56 bits per heavy atom. The molecule has 4 heteroatoms. The van der Waals surface area contributed by atoms with Gasteiger partial charge in [-0.2, -0.15) is 0 Å². The standard InChI is InChI=1S/C14H28N2O2/c1-6-7-8-12-11-16(10-9-15(12)5)13(17)18-14(2,3)4/h12H,6-11H2,1-5H3. The maximum absolute atomic E-state index is 12.0. The summed E-state index contributed by atoms with van der Waals surface area (Å²) in [5.41, 5.74) is -0.403. The summed E-state index contributed by atoms with van der Waals surface area (Å²) in [5.74, 6) is 0. The third kappa shape index (κ3) is 4.84. The third-order valence-corrected chi connectivity index (χ3v) is 3.32. The predicted octanol–water partition coefficient (Wildman–Crippen LogP) is 2.73. The van der Waals surface area contributed by atoms with Crippen molar-refractivity contribution in [2.24, 2.45) is 0 Å². The molecule has 0 aliphatic carbocycles. The van der Waals surface area contributed by atoms with Gasteiger partial charge < -0.3 is 9.64 Å². The molecule has 0 radical (unpaired) electrons. The lowest BCUT2D eigenvalue weighted by Crippen LogP contribution is -2.54. The number of hydrogen-bond donors (Lipinski definition) is 0. The Kier molecular flexibility index (Phi) is 5.45. The van der Waals surface area contributed by atoms with Crippen LogP contribution in [0.4, 0.5) is 4.79 Å². The number of amides is 1. The SMILES string of the molecule is CCCCC1CN(C(=O)OC(C)(C)C)CCN1C. The molecule has 1 atom stereocenters. The van der Waals surface area contributed by atoms with Crippen molar-refractivity contribution < 1.29 is 9.53 Å². The Hall–Kier alpha value is -0.770. The van der Waals surface area contributed by atoms with E-state index in [0.717, 1.165) is 26.1 Å². The first-order valence-corrected chi connectivity index (χ1v) is 7.01. The van der Waals surface area contributed by atoms with Gasteiger partial charge in [0.25, 0.3) is 0 Å². The summed E-state index contributed by atoms with van der Waals surface area (Å²) in [6.07, 6.45) is 3.41. The van der Waals surface area contributed by atoms with E-state index in [4.69, 9.17) is 4.74 Å². The number of likely N-dealkylation sites (N-methyl/N-ethyl adjacent to an activating group) is 1. The molecule has 0 spiro atoms. The highest BCUT2D eigenvalue weighted by Crippen LogP contribution is 2.17. The van der Waals surface area contributed by atoms with Gasteiger partial charge in [-0.05, 0) is 34.2 Å². The Morgan fingerprint density at radius 1 is 1.33 bits per heavy atom. The van der Waals surface area contributed by atoms with E-state index in [2.05, 4.69) is 18.9 Å². The number of carbonyl (C=O) groups is 1. The van der Waals surface area contributed by atoms with Crippen LogP contribution in [0.5, 0.6) is 0 Å². The highest BCUT2D eigenvalue weighted by Gasteiger charge is 2.29. The minimum absolute atomic E-state index is 0.169. The zero-order valence-electron chi connectivity index (χ0n) is 12.5. The highest BCUT2D eigenvalue weighted by atomic mass is 16.6. The van der Waals surface area contributed by atoms with E-state index >= 15 is 0 Å². The van der Waals surface area contributed by atoms with Crippen LogP contribution in [0.25, 0.3) is 0 Å². The van der Waals surface area contributed by atoms with Crippen LogP contribution >= 0.6 is 0 Å². The Balaban J connectivity index is 2.50. The molecule has 106 valence electrons. The van der Waals surface area contributed by atoms with Gasteiger partial charge >= 0.3 is 6.09 Å². The summed E-state index contributed by atoms with van der Waals surface area (Å²) < 4.78 is 5.43. The van der Waals surface area contributed by atoms with Gasteiger partial charge in [-0.3, -0.25) is 4.90 Å². The fourth-order valence-electron chi connectivity index (χ4n) is 2.19. The molecule has 1 amide bonds. The first-order chi connectivity index (χ1) is 8.33. The van der Waals surface area contributed by atoms with Crippen molar-refractivity contribution in [3.05, 3.63) is 0 Å². The topological polar surface area (TPSA) is 32.8 Å². The molecular formula is C14H28N2O2. The van der Waals surface area contributed by atoms with E-state index < -0.39 is 5.60 Å². The smallest absolute Gasteiger partial charge is 0.410 e. The van der Waals surface area contributed by atoms with E-state index in [0.29, 0.717) is 6.04 Å². The second-order valence-corrected chi connectivity index (χ2v) is 6.20. The van der Waals surface area contributed by atoms with Crippen molar-refractivity contribution in [1.29, 1.82) is 0 Å². The second-order valence-electron chi connectivity index (χ2n) is 6.20. The van der Waals surface area contributed by atoms with Crippen molar-refractivity contribution in [2.45, 2.75) is 58.6 Å². The molecule has 1 unspecified atom stereocenters. The van der Waals surface area contributed by atoms with Crippen LogP contribution in [0.1, 0.15) is 47.0 Å². The molecule has 1 heterocycles. The third-order valence-electron chi connectivity index (χ3n) is 3.32. The second kappa shape index (κ2) is 6.41. The maximum Gasteiger partial charge on any atom is 0.410 e. The minimum Gasteiger partial charge on any atom is -0.444 e. The van der Waals surface area contributed by atoms with Gasteiger partial charge in [0, 0.05) is 25.7 Å². The van der Waals surface area contributed by atoms with Crippen LogP contribution in [0.2, 0.25) is 0 Å². The molecule has 1 fully saturated rings. The van der Waals surface area contributed by atoms with Gasteiger partial charge in [-0.15, -0.1) is 0 Å². The molecule has 1 saturated heterocycles. The molecule has 4 nitrogen and oxygen atoms in total. The van der Waals surface area contributed by atoms with Gasteiger partial charge in [0.15, 0.2) is 0 Å². The summed E-state index contributed by atoms with van der Waals surface area (Å²) in [7, 11) is 2.15. The quantitative estimate of drug-likeness (QED) is 0.778. The Morgan fingerprint density at radius 2 is 2.00 bits per heavy atom. The zero-order chi connectivity index (χ0) is 13.8. The van der Waals surface area contributed by atoms with Crippen LogP contribution in [-0.2, 0) is 4.74 Å². The number of ether oxygens (including phenoxy) is 1. The van der Waals surface area contributed by atoms with E-state index in [1.807, 2.05) is 25.7 Å². The summed E-state index contributed by atoms with van der Waals surface area (Å²) in [5, 5.41) is 0. The average Bonchev–Trinajstić information content (AvgIpc) is 2.25. The van der Waals surface area contributed by atoms with Crippen LogP contribution in [0.3, 0.4) is 0 Å². The van der Waals surface area contributed by atoms with Crippen molar-refractivity contribution in [3.63, 3.8) is 0 Å². The first kappa shape index (κ1) is 15.3. The molecule has 18 heavy (non-hydrogen) atoms. The number of nitrogens with zero attached hydrogens (tertiary/aromatic N) is 2. The van der Waals surface area contributed by atoms with Gasteiger partial charge in [0.1, 0.15) is 5.60 Å². The molecule has 0 aromatic carbocycles. The molecule has 0 aromatic rings. The van der Waals surface area contributed by atoms with Crippen LogP contribution in [0, 0.1) is 0 Å². The fourth-order valence-corrected chi connectivity index (χ4v) is 2.19. The van der Waals surface area contributed by atoms with Crippen molar-refractivity contribution in [1.82, 2.24) is 9.80 Å². The average molecular weight is 256 g/mol. The van der Waals surface area contributed by atoms with Crippen molar-refractivity contribution in [3.8, 4) is 0 Å². The van der Waals surface area contributed by atoms with Crippen molar-refractivity contribution in [2.75, 3.05) is 26.7 Å². The van der Waals surface area contributed by atoms with E-state index in [1.165, 1.54) is 12.8 Å². The highest BCUT2D eigenvalue weighted by molar-refractivity contribution is 5.68. The number of piperazine rings is 1. The maximum atomic E-state index is 12.0. The molecular weight excluding hydrogens is 228 g/mol. The van der Waals surface area contributed by atoms with Gasteiger partial charge in [-0.1, -0.05) is 19.8 Å². The van der Waals surface area contributed by atoms with Crippen LogP contribution in [0.15, 0.2) is 0 Å². The van der Waals surface area contributed by atoms with Gasteiger partial charge in [0.05, 0.1) is 0 Å². The molecule has 1 aliphatic heterocycles. The minimum atomic E-state index is -0.403. The summed E-state index contributed by atoms with van der Waals surface area (Å²) >= 11 is 0. The lowest BCUT2D eigenvalue weighted by Gasteiger charge is -2.39. The molecule has 1 aliphatic rings. The molecule has 0 N–H and O–H groups in total. The normalized spacial score (nSPS) is 22.1. The Labute approximate surface area is 111 Å². The number of hydrogen-bond acceptors (Lipinski definition) is 3. The summed E-state index contributed by atoms with van der Waals surface area (Å²) in [4.78, 5) is 16.2. The largest absolute Gasteiger partial charge is 0.444 e.